The third-order valence-electron chi connectivity index (χ3n) is 3.48. The van der Waals surface area contributed by atoms with Crippen LogP contribution >= 0.6 is 11.3 Å². The Balaban J connectivity index is 1.59. The number of rotatable bonds is 3. The molecule has 1 amide bonds. The number of hydrogen-bond donors (Lipinski definition) is 2. The van der Waals surface area contributed by atoms with Crippen molar-refractivity contribution in [1.29, 1.82) is 0 Å². The highest BCUT2D eigenvalue weighted by atomic mass is 32.1. The minimum absolute atomic E-state index is 0.0596. The number of thiophene rings is 1. The molecule has 112 valence electrons. The fourth-order valence-corrected chi connectivity index (χ4v) is 3.07. The lowest BCUT2D eigenvalue weighted by atomic mass is 10.1. The number of carbonyl (C=O) groups excluding carboxylic acids is 1. The molecule has 1 aliphatic heterocycles. The molecular weight excluding hydrogens is 302 g/mol. The van der Waals surface area contributed by atoms with Gasteiger partial charge in [-0.25, -0.2) is 4.52 Å². The number of aromatic nitrogens is 3. The molecule has 1 fully saturated rings. The lowest BCUT2D eigenvalue weighted by Gasteiger charge is -2.26. The van der Waals surface area contributed by atoms with Crippen LogP contribution in [0.3, 0.4) is 0 Å². The van der Waals surface area contributed by atoms with Crippen LogP contribution in [0, 0.1) is 0 Å². The lowest BCUT2D eigenvalue weighted by molar-refractivity contribution is -0.00338. The van der Waals surface area contributed by atoms with Crippen molar-refractivity contribution in [3.05, 3.63) is 34.7 Å². The smallest absolute Gasteiger partial charge is 0.261 e. The van der Waals surface area contributed by atoms with Gasteiger partial charge in [-0.15, -0.1) is 16.4 Å². The number of pyridine rings is 1. The maximum atomic E-state index is 12.1. The van der Waals surface area contributed by atoms with Crippen molar-refractivity contribution in [3.63, 3.8) is 0 Å². The van der Waals surface area contributed by atoms with Gasteiger partial charge in [0.05, 0.1) is 24.1 Å². The Morgan fingerprint density at radius 3 is 3.05 bits per heavy atom. The predicted octanol–water partition coefficient (Wildman–Crippen LogP) is 1.17. The van der Waals surface area contributed by atoms with Gasteiger partial charge in [0.1, 0.15) is 0 Å². The van der Waals surface area contributed by atoms with E-state index in [1.165, 1.54) is 11.3 Å². The van der Waals surface area contributed by atoms with Crippen molar-refractivity contribution in [3.8, 4) is 11.1 Å². The van der Waals surface area contributed by atoms with E-state index in [0.717, 1.165) is 11.1 Å². The van der Waals surface area contributed by atoms with Crippen LogP contribution in [-0.2, 0) is 4.74 Å². The highest BCUT2D eigenvalue weighted by Gasteiger charge is 2.21. The van der Waals surface area contributed by atoms with Crippen molar-refractivity contribution in [2.75, 3.05) is 18.9 Å². The van der Waals surface area contributed by atoms with Crippen molar-refractivity contribution in [1.82, 2.24) is 19.9 Å². The third-order valence-corrected chi connectivity index (χ3v) is 4.41. The van der Waals surface area contributed by atoms with Crippen LogP contribution in [0.25, 0.3) is 16.8 Å². The van der Waals surface area contributed by atoms with Crippen molar-refractivity contribution < 1.29 is 9.53 Å². The normalized spacial score (nSPS) is 14.9. The van der Waals surface area contributed by atoms with Gasteiger partial charge < -0.3 is 15.8 Å². The molecule has 0 radical (unpaired) electrons. The number of ether oxygens (including phenoxy) is 1. The molecule has 0 aromatic carbocycles. The molecule has 0 aliphatic carbocycles. The monoisotopic (exact) mass is 315 g/mol. The van der Waals surface area contributed by atoms with Crippen molar-refractivity contribution in [2.24, 2.45) is 0 Å². The fraction of sp³-hybridized carbons (Fsp3) is 0.214. The second-order valence-corrected chi connectivity index (χ2v) is 6.01. The molecule has 22 heavy (non-hydrogen) atoms. The number of hydrogen-bond acceptors (Lipinski definition) is 6. The Labute approximate surface area is 129 Å². The molecule has 7 nitrogen and oxygen atoms in total. The number of carbonyl (C=O) groups is 1. The molecule has 3 aromatic rings. The SMILES string of the molecule is Nc1nc2ccc(-c3csc(C(=O)NC4COC4)c3)cn2n1. The molecule has 0 unspecified atom stereocenters. The summed E-state index contributed by atoms with van der Waals surface area (Å²) >= 11 is 1.42. The highest BCUT2D eigenvalue weighted by molar-refractivity contribution is 7.12. The van der Waals surface area contributed by atoms with Crippen LogP contribution in [0.5, 0.6) is 0 Å². The number of nitrogens with two attached hydrogens (primary N) is 1. The predicted molar refractivity (Wildman–Crippen MR) is 82.8 cm³/mol. The number of nitrogens with zero attached hydrogens (tertiary/aromatic N) is 3. The van der Waals surface area contributed by atoms with E-state index in [9.17, 15) is 4.79 Å². The van der Waals surface area contributed by atoms with Gasteiger partial charge in [-0.1, -0.05) is 0 Å². The molecular formula is C14H13N5O2S. The average Bonchev–Trinajstić information content (AvgIpc) is 3.06. The minimum atomic E-state index is -0.0596. The number of nitrogens with one attached hydrogen (secondary N) is 1. The van der Waals surface area contributed by atoms with Gasteiger partial charge in [0.15, 0.2) is 5.65 Å². The van der Waals surface area contributed by atoms with Crippen LogP contribution in [0.2, 0.25) is 0 Å². The van der Waals surface area contributed by atoms with Gasteiger partial charge in [-0.05, 0) is 29.1 Å². The molecule has 0 saturated carbocycles. The van der Waals surface area contributed by atoms with Gasteiger partial charge >= 0.3 is 0 Å². The molecule has 3 aromatic heterocycles. The van der Waals surface area contributed by atoms with Gasteiger partial charge in [0, 0.05) is 11.8 Å². The number of fused-ring (bicyclic) bond motifs is 1. The van der Waals surface area contributed by atoms with Crippen LogP contribution in [0.1, 0.15) is 9.67 Å². The zero-order valence-corrected chi connectivity index (χ0v) is 12.3. The van der Waals surface area contributed by atoms with Crippen LogP contribution in [0.4, 0.5) is 5.95 Å². The Kier molecular flexibility index (Phi) is 3.05. The van der Waals surface area contributed by atoms with E-state index in [1.807, 2.05) is 29.8 Å². The summed E-state index contributed by atoms with van der Waals surface area (Å²) in [6.07, 6.45) is 1.85. The summed E-state index contributed by atoms with van der Waals surface area (Å²) in [5.74, 6) is 0.181. The summed E-state index contributed by atoms with van der Waals surface area (Å²) in [4.78, 5) is 16.9. The van der Waals surface area contributed by atoms with E-state index in [2.05, 4.69) is 15.4 Å². The third kappa shape index (κ3) is 2.32. The second kappa shape index (κ2) is 5.08. The van der Waals surface area contributed by atoms with Crippen LogP contribution in [0.15, 0.2) is 29.8 Å². The molecule has 0 atom stereocenters. The zero-order valence-electron chi connectivity index (χ0n) is 11.5. The van der Waals surface area contributed by atoms with E-state index < -0.39 is 0 Å². The first-order chi connectivity index (χ1) is 10.7. The summed E-state index contributed by atoms with van der Waals surface area (Å²) in [7, 11) is 0. The molecule has 0 bridgehead atoms. The standard InChI is InChI=1S/C14H13N5O2S/c15-14-17-12-2-1-8(4-19(12)18-14)9-3-11(22-7-9)13(20)16-10-5-21-6-10/h1-4,7,10H,5-6H2,(H2,15,18)(H,16,20). The minimum Gasteiger partial charge on any atom is -0.377 e. The van der Waals surface area contributed by atoms with Gasteiger partial charge in [-0.2, -0.15) is 4.98 Å². The molecule has 4 heterocycles. The van der Waals surface area contributed by atoms with E-state index in [0.29, 0.717) is 23.7 Å². The first-order valence-electron chi connectivity index (χ1n) is 6.78. The largest absolute Gasteiger partial charge is 0.377 e. The second-order valence-electron chi connectivity index (χ2n) is 5.10. The molecule has 1 saturated heterocycles. The van der Waals surface area contributed by atoms with Crippen LogP contribution in [-0.4, -0.2) is 39.8 Å². The summed E-state index contributed by atoms with van der Waals surface area (Å²) in [5.41, 5.74) is 8.20. The van der Waals surface area contributed by atoms with Gasteiger partial charge in [-0.3, -0.25) is 4.79 Å². The summed E-state index contributed by atoms with van der Waals surface area (Å²) < 4.78 is 6.68. The summed E-state index contributed by atoms with van der Waals surface area (Å²) in [5, 5.41) is 8.98. The maximum absolute atomic E-state index is 12.1. The molecule has 8 heteroatoms. The quantitative estimate of drug-likeness (QED) is 0.756. The first kappa shape index (κ1) is 13.2. The topological polar surface area (TPSA) is 94.5 Å². The fourth-order valence-electron chi connectivity index (χ4n) is 2.25. The van der Waals surface area contributed by atoms with E-state index in [1.54, 1.807) is 4.52 Å². The Hall–Kier alpha value is -2.45. The Morgan fingerprint density at radius 2 is 2.27 bits per heavy atom. The van der Waals surface area contributed by atoms with Gasteiger partial charge in [0.25, 0.3) is 5.91 Å². The Bertz CT molecular complexity index is 852. The summed E-state index contributed by atoms with van der Waals surface area (Å²) in [6.45, 7) is 1.18. The molecule has 0 spiro atoms. The van der Waals surface area contributed by atoms with E-state index in [-0.39, 0.29) is 17.9 Å². The molecule has 3 N–H and O–H groups in total. The number of nitrogen functional groups attached to an aromatic ring is 1. The highest BCUT2D eigenvalue weighted by Crippen LogP contribution is 2.26. The lowest BCUT2D eigenvalue weighted by Crippen LogP contribution is -2.48. The number of amides is 1. The van der Waals surface area contributed by atoms with Crippen molar-refractivity contribution >= 4 is 28.8 Å². The van der Waals surface area contributed by atoms with E-state index in [4.69, 9.17) is 10.5 Å². The Morgan fingerprint density at radius 1 is 1.41 bits per heavy atom. The molecule has 4 rings (SSSR count). The van der Waals surface area contributed by atoms with Crippen LogP contribution < -0.4 is 11.1 Å². The maximum Gasteiger partial charge on any atom is 0.261 e. The van der Waals surface area contributed by atoms with Crippen molar-refractivity contribution in [2.45, 2.75) is 6.04 Å². The van der Waals surface area contributed by atoms with E-state index >= 15 is 0 Å². The van der Waals surface area contributed by atoms with Gasteiger partial charge in [0.2, 0.25) is 5.95 Å². The average molecular weight is 315 g/mol. The zero-order chi connectivity index (χ0) is 15.1. The summed E-state index contributed by atoms with van der Waals surface area (Å²) in [6, 6.07) is 5.79. The number of anilines is 1. The molecule has 1 aliphatic rings. The first-order valence-corrected chi connectivity index (χ1v) is 7.66.